The van der Waals surface area contributed by atoms with Crippen molar-refractivity contribution in [2.24, 2.45) is 0 Å². The van der Waals surface area contributed by atoms with Crippen LogP contribution in [0.1, 0.15) is 5.56 Å². The molecule has 0 spiro atoms. The largest absolute Gasteiger partial charge is 0.379 e. The Morgan fingerprint density at radius 1 is 1.00 bits per heavy atom. The maximum absolute atomic E-state index is 5.41. The number of rotatable bonds is 3. The molecule has 0 N–H and O–H groups in total. The molecule has 2 heterocycles. The molecule has 0 saturated carbocycles. The van der Waals surface area contributed by atoms with E-state index in [2.05, 4.69) is 61.1 Å². The van der Waals surface area contributed by atoms with Crippen molar-refractivity contribution in [2.75, 3.05) is 26.3 Å². The third kappa shape index (κ3) is 3.34. The van der Waals surface area contributed by atoms with Crippen molar-refractivity contribution in [3.8, 4) is 11.3 Å². The van der Waals surface area contributed by atoms with E-state index in [0.29, 0.717) is 0 Å². The molecule has 0 bridgehead atoms. The minimum Gasteiger partial charge on any atom is -0.379 e. The highest BCUT2D eigenvalue weighted by molar-refractivity contribution is 9.10. The summed E-state index contributed by atoms with van der Waals surface area (Å²) in [7, 11) is 0. The fraction of sp³-hybridized carbons (Fsp3) is 0.263. The Hall–Kier alpha value is -1.82. The highest BCUT2D eigenvalue weighted by atomic mass is 79.9. The number of hydrogen-bond acceptors (Lipinski definition) is 4. The number of ether oxygens (including phenoxy) is 1. The zero-order valence-electron chi connectivity index (χ0n) is 13.3. The molecule has 0 radical (unpaired) electrons. The van der Waals surface area contributed by atoms with Gasteiger partial charge in [0.05, 0.1) is 24.4 Å². The quantitative estimate of drug-likeness (QED) is 0.687. The van der Waals surface area contributed by atoms with Crippen LogP contribution >= 0.6 is 15.9 Å². The van der Waals surface area contributed by atoms with Crippen molar-refractivity contribution in [2.45, 2.75) is 6.54 Å². The lowest BCUT2D eigenvalue weighted by Crippen LogP contribution is -2.35. The lowest BCUT2D eigenvalue weighted by Gasteiger charge is -2.26. The number of aromatic nitrogens is 2. The Bertz CT molecular complexity index is 845. The smallest absolute Gasteiger partial charge is 0.116 e. The molecule has 1 saturated heterocycles. The Balaban J connectivity index is 1.62. The van der Waals surface area contributed by atoms with Crippen LogP contribution in [0.4, 0.5) is 0 Å². The van der Waals surface area contributed by atoms with Crippen molar-refractivity contribution in [3.63, 3.8) is 0 Å². The summed E-state index contributed by atoms with van der Waals surface area (Å²) in [4.78, 5) is 11.3. The molecule has 0 atom stereocenters. The zero-order valence-corrected chi connectivity index (χ0v) is 14.9. The second-order valence-corrected chi connectivity index (χ2v) is 6.88. The Labute approximate surface area is 149 Å². The van der Waals surface area contributed by atoms with Crippen LogP contribution in [0.25, 0.3) is 22.2 Å². The monoisotopic (exact) mass is 383 g/mol. The van der Waals surface area contributed by atoms with Gasteiger partial charge in [-0.1, -0.05) is 40.2 Å². The first-order chi connectivity index (χ1) is 11.8. The summed E-state index contributed by atoms with van der Waals surface area (Å²) in [6, 6.07) is 14.8. The average molecular weight is 384 g/mol. The van der Waals surface area contributed by atoms with Crippen LogP contribution in [-0.4, -0.2) is 41.2 Å². The van der Waals surface area contributed by atoms with Crippen molar-refractivity contribution in [1.29, 1.82) is 0 Å². The summed E-state index contributed by atoms with van der Waals surface area (Å²) >= 11 is 3.53. The molecule has 3 aromatic rings. The molecule has 1 aromatic heterocycles. The summed E-state index contributed by atoms with van der Waals surface area (Å²) in [6.45, 7) is 4.65. The number of morpholine rings is 1. The molecular weight excluding hydrogens is 366 g/mol. The molecule has 0 unspecified atom stereocenters. The Kier molecular flexibility index (Phi) is 4.56. The second-order valence-electron chi connectivity index (χ2n) is 5.97. The van der Waals surface area contributed by atoms with Gasteiger partial charge in [-0.3, -0.25) is 4.90 Å². The standard InChI is InChI=1S/C19H18BrN3O/c20-16-5-6-18-17(11-16)19(22-13-21-18)15-3-1-14(2-4-15)12-23-7-9-24-10-8-23/h1-6,11,13H,7-10,12H2. The van der Waals surface area contributed by atoms with Crippen molar-refractivity contribution in [1.82, 2.24) is 14.9 Å². The van der Waals surface area contributed by atoms with Gasteiger partial charge >= 0.3 is 0 Å². The topological polar surface area (TPSA) is 38.2 Å². The lowest BCUT2D eigenvalue weighted by molar-refractivity contribution is 0.0342. The van der Waals surface area contributed by atoms with E-state index in [4.69, 9.17) is 4.74 Å². The summed E-state index contributed by atoms with van der Waals surface area (Å²) in [5.74, 6) is 0. The number of nitrogens with zero attached hydrogens (tertiary/aromatic N) is 3. The van der Waals surface area contributed by atoms with Crippen LogP contribution in [0.5, 0.6) is 0 Å². The van der Waals surface area contributed by atoms with Crippen LogP contribution in [-0.2, 0) is 11.3 Å². The molecule has 2 aromatic carbocycles. The molecule has 122 valence electrons. The normalized spacial score (nSPS) is 15.7. The highest BCUT2D eigenvalue weighted by Gasteiger charge is 2.11. The highest BCUT2D eigenvalue weighted by Crippen LogP contribution is 2.28. The number of halogens is 1. The van der Waals surface area contributed by atoms with Gasteiger partial charge in [0.15, 0.2) is 0 Å². The molecule has 0 amide bonds. The van der Waals surface area contributed by atoms with Crippen molar-refractivity contribution in [3.05, 3.63) is 58.8 Å². The van der Waals surface area contributed by atoms with Crippen LogP contribution < -0.4 is 0 Å². The molecule has 4 rings (SSSR count). The van der Waals surface area contributed by atoms with Crippen LogP contribution in [0.2, 0.25) is 0 Å². The maximum Gasteiger partial charge on any atom is 0.116 e. The third-order valence-corrected chi connectivity index (χ3v) is 4.83. The van der Waals surface area contributed by atoms with Gasteiger partial charge in [0, 0.05) is 35.1 Å². The number of fused-ring (bicyclic) bond motifs is 1. The van der Waals surface area contributed by atoms with Crippen LogP contribution in [0, 0.1) is 0 Å². The first-order valence-electron chi connectivity index (χ1n) is 8.09. The van der Waals surface area contributed by atoms with Gasteiger partial charge in [-0.15, -0.1) is 0 Å². The van der Waals surface area contributed by atoms with E-state index in [1.807, 2.05) is 12.1 Å². The van der Waals surface area contributed by atoms with Gasteiger partial charge < -0.3 is 4.74 Å². The minimum atomic E-state index is 0.833. The summed E-state index contributed by atoms with van der Waals surface area (Å²) in [5, 5.41) is 1.06. The summed E-state index contributed by atoms with van der Waals surface area (Å²) in [6.07, 6.45) is 1.63. The summed E-state index contributed by atoms with van der Waals surface area (Å²) < 4.78 is 6.44. The lowest BCUT2D eigenvalue weighted by atomic mass is 10.0. The average Bonchev–Trinajstić information content (AvgIpc) is 2.63. The molecule has 1 aliphatic heterocycles. The molecule has 1 aliphatic rings. The molecule has 4 nitrogen and oxygen atoms in total. The SMILES string of the molecule is Brc1ccc2ncnc(-c3ccc(CN4CCOCC4)cc3)c2c1. The first kappa shape index (κ1) is 15.7. The van der Waals surface area contributed by atoms with E-state index in [9.17, 15) is 0 Å². The van der Waals surface area contributed by atoms with Crippen molar-refractivity contribution < 1.29 is 4.74 Å². The first-order valence-corrected chi connectivity index (χ1v) is 8.88. The van der Waals surface area contributed by atoms with Crippen LogP contribution in [0.3, 0.4) is 0 Å². The zero-order chi connectivity index (χ0) is 16.4. The predicted octanol–water partition coefficient (Wildman–Crippen LogP) is 3.89. The predicted molar refractivity (Wildman–Crippen MR) is 98.8 cm³/mol. The summed E-state index contributed by atoms with van der Waals surface area (Å²) in [5.41, 5.74) is 4.37. The van der Waals surface area contributed by atoms with E-state index >= 15 is 0 Å². The van der Waals surface area contributed by atoms with E-state index in [-0.39, 0.29) is 0 Å². The van der Waals surface area contributed by atoms with E-state index in [0.717, 1.165) is 59.5 Å². The van der Waals surface area contributed by atoms with Crippen LogP contribution in [0.15, 0.2) is 53.3 Å². The maximum atomic E-state index is 5.41. The molecule has 5 heteroatoms. The molecule has 0 aliphatic carbocycles. The third-order valence-electron chi connectivity index (χ3n) is 4.33. The Morgan fingerprint density at radius 2 is 1.79 bits per heavy atom. The minimum absolute atomic E-state index is 0.833. The van der Waals surface area contributed by atoms with Gasteiger partial charge in [0.2, 0.25) is 0 Å². The van der Waals surface area contributed by atoms with E-state index < -0.39 is 0 Å². The molecule has 1 fully saturated rings. The van der Waals surface area contributed by atoms with Gasteiger partial charge in [-0.05, 0) is 23.8 Å². The Morgan fingerprint density at radius 3 is 2.58 bits per heavy atom. The number of benzene rings is 2. The fourth-order valence-electron chi connectivity index (χ4n) is 3.04. The fourth-order valence-corrected chi connectivity index (χ4v) is 3.41. The van der Waals surface area contributed by atoms with Gasteiger partial charge in [-0.25, -0.2) is 9.97 Å². The van der Waals surface area contributed by atoms with Gasteiger partial charge in [0.1, 0.15) is 6.33 Å². The van der Waals surface area contributed by atoms with Crippen molar-refractivity contribution >= 4 is 26.8 Å². The van der Waals surface area contributed by atoms with Gasteiger partial charge in [0.25, 0.3) is 0 Å². The van der Waals surface area contributed by atoms with E-state index in [1.165, 1.54) is 5.56 Å². The molecular formula is C19H18BrN3O. The molecule has 24 heavy (non-hydrogen) atoms. The second kappa shape index (κ2) is 6.97. The number of hydrogen-bond donors (Lipinski definition) is 0. The van der Waals surface area contributed by atoms with Gasteiger partial charge in [-0.2, -0.15) is 0 Å². The van der Waals surface area contributed by atoms with E-state index in [1.54, 1.807) is 6.33 Å².